The molecule has 1 saturated heterocycles. The van der Waals surface area contributed by atoms with E-state index in [4.69, 9.17) is 26.8 Å². The highest BCUT2D eigenvalue weighted by molar-refractivity contribution is 6.25. The summed E-state index contributed by atoms with van der Waals surface area (Å²) in [6.07, 6.45) is -1.39. The minimum atomic E-state index is -2.91. The molecule has 0 spiro atoms. The lowest BCUT2D eigenvalue weighted by Crippen LogP contribution is -2.53. The molecule has 1 heterocycles. The van der Waals surface area contributed by atoms with Crippen molar-refractivity contribution in [3.8, 4) is 0 Å². The first-order valence-corrected chi connectivity index (χ1v) is 8.60. The van der Waals surface area contributed by atoms with Gasteiger partial charge in [-0.05, 0) is 32.1 Å². The smallest absolute Gasteiger partial charge is 0.338 e. The average Bonchev–Trinajstić information content (AvgIpc) is 2.83. The number of amides is 2. The maximum Gasteiger partial charge on any atom is 0.338 e. The second kappa shape index (κ2) is 8.26. The molecule has 0 aromatic heterocycles. The van der Waals surface area contributed by atoms with E-state index in [1.54, 1.807) is 18.2 Å². The Kier molecular flexibility index (Phi) is 6.43. The van der Waals surface area contributed by atoms with Gasteiger partial charge >= 0.3 is 12.0 Å². The van der Waals surface area contributed by atoms with Crippen molar-refractivity contribution in [1.82, 2.24) is 4.90 Å². The number of hydrogen-bond donors (Lipinski definition) is 2. The second-order valence-corrected chi connectivity index (χ2v) is 7.20. The topological polar surface area (TPSA) is 119 Å². The summed E-state index contributed by atoms with van der Waals surface area (Å²) in [5, 5.41) is 9.51. The molecule has 2 amide bonds. The molecule has 3 N–H and O–H groups in total. The SMILES string of the molecule is CC(=O)/C=C\N(C(N)=O)[C@@H]1O[C@](F)(CO)[C@@H](OC(=O)c2ccccc2)[C@@]1(C)Cl. The number of carbonyl (C=O) groups excluding carboxylic acids is 3. The number of carbonyl (C=O) groups is 3. The van der Waals surface area contributed by atoms with E-state index in [9.17, 15) is 19.5 Å². The molecule has 2 rings (SSSR count). The molecule has 0 radical (unpaired) electrons. The predicted molar refractivity (Wildman–Crippen MR) is 96.9 cm³/mol. The third-order valence-corrected chi connectivity index (χ3v) is 4.51. The van der Waals surface area contributed by atoms with E-state index < -0.39 is 47.5 Å². The van der Waals surface area contributed by atoms with Crippen LogP contribution >= 0.6 is 11.6 Å². The summed E-state index contributed by atoms with van der Waals surface area (Å²) in [4.78, 5) is 34.2. The Morgan fingerprint density at radius 3 is 2.50 bits per heavy atom. The monoisotopic (exact) mass is 414 g/mol. The first-order chi connectivity index (χ1) is 13.0. The Morgan fingerprint density at radius 2 is 2.00 bits per heavy atom. The molecule has 1 aliphatic heterocycles. The maximum atomic E-state index is 15.2. The summed E-state index contributed by atoms with van der Waals surface area (Å²) in [7, 11) is 0. The summed E-state index contributed by atoms with van der Waals surface area (Å²) < 4.78 is 25.6. The molecule has 1 aliphatic rings. The molecule has 1 fully saturated rings. The minimum absolute atomic E-state index is 0.127. The molecule has 4 atom stereocenters. The van der Waals surface area contributed by atoms with Crippen LogP contribution in [0, 0.1) is 0 Å². The summed E-state index contributed by atoms with van der Waals surface area (Å²) in [6, 6.07) is 6.65. The summed E-state index contributed by atoms with van der Waals surface area (Å²) in [6.45, 7) is 1.28. The molecule has 1 aromatic rings. The number of ketones is 1. The van der Waals surface area contributed by atoms with Crippen LogP contribution in [-0.4, -0.2) is 57.5 Å². The van der Waals surface area contributed by atoms with Crippen LogP contribution in [-0.2, 0) is 14.3 Å². The number of urea groups is 1. The normalized spacial score (nSPS) is 29.6. The number of ether oxygens (including phenoxy) is 2. The van der Waals surface area contributed by atoms with Crippen LogP contribution < -0.4 is 5.73 Å². The van der Waals surface area contributed by atoms with Crippen LogP contribution in [0.3, 0.4) is 0 Å². The van der Waals surface area contributed by atoms with Crippen molar-refractivity contribution in [2.75, 3.05) is 6.61 Å². The van der Waals surface area contributed by atoms with E-state index >= 15 is 4.39 Å². The highest BCUT2D eigenvalue weighted by Gasteiger charge is 2.66. The molecule has 0 aliphatic carbocycles. The van der Waals surface area contributed by atoms with Gasteiger partial charge in [-0.25, -0.2) is 14.0 Å². The molecule has 1 aromatic carbocycles. The van der Waals surface area contributed by atoms with E-state index in [1.165, 1.54) is 26.0 Å². The van der Waals surface area contributed by atoms with E-state index in [1.807, 2.05) is 0 Å². The highest BCUT2D eigenvalue weighted by Crippen LogP contribution is 2.47. The molecule has 0 saturated carbocycles. The van der Waals surface area contributed by atoms with Gasteiger partial charge in [-0.3, -0.25) is 9.69 Å². The van der Waals surface area contributed by atoms with Crippen LogP contribution in [0.15, 0.2) is 42.6 Å². The van der Waals surface area contributed by atoms with Crippen LogP contribution in [0.4, 0.5) is 9.18 Å². The van der Waals surface area contributed by atoms with Crippen molar-refractivity contribution in [2.45, 2.75) is 36.9 Å². The Balaban J connectivity index is 2.38. The summed E-state index contributed by atoms with van der Waals surface area (Å²) in [5.74, 6) is -4.23. The van der Waals surface area contributed by atoms with E-state index in [-0.39, 0.29) is 5.56 Å². The number of benzene rings is 1. The quantitative estimate of drug-likeness (QED) is 0.415. The second-order valence-electron chi connectivity index (χ2n) is 6.39. The Bertz CT molecular complexity index is 788. The number of hydrogen-bond acceptors (Lipinski definition) is 6. The Morgan fingerprint density at radius 1 is 1.39 bits per heavy atom. The van der Waals surface area contributed by atoms with Gasteiger partial charge in [-0.2, -0.15) is 0 Å². The first kappa shape index (κ1) is 21.8. The summed E-state index contributed by atoms with van der Waals surface area (Å²) in [5.41, 5.74) is 5.41. The molecular formula is C18H20ClFN2O6. The van der Waals surface area contributed by atoms with Gasteiger partial charge in [0.25, 0.3) is 5.85 Å². The average molecular weight is 415 g/mol. The number of alkyl halides is 2. The molecular weight excluding hydrogens is 395 g/mol. The van der Waals surface area contributed by atoms with Crippen molar-refractivity contribution in [3.63, 3.8) is 0 Å². The number of nitrogens with zero attached hydrogens (tertiary/aromatic N) is 1. The third-order valence-electron chi connectivity index (χ3n) is 4.12. The zero-order valence-electron chi connectivity index (χ0n) is 15.2. The van der Waals surface area contributed by atoms with Gasteiger partial charge in [-0.15, -0.1) is 11.6 Å². The number of halogens is 2. The van der Waals surface area contributed by atoms with Gasteiger partial charge in [0.15, 0.2) is 18.1 Å². The lowest BCUT2D eigenvalue weighted by atomic mass is 9.98. The van der Waals surface area contributed by atoms with E-state index in [2.05, 4.69) is 0 Å². The van der Waals surface area contributed by atoms with Crippen LogP contribution in [0.5, 0.6) is 0 Å². The highest BCUT2D eigenvalue weighted by atomic mass is 35.5. The molecule has 10 heteroatoms. The molecule has 0 bridgehead atoms. The van der Waals surface area contributed by atoms with Gasteiger partial charge in [-0.1, -0.05) is 18.2 Å². The number of aliphatic hydroxyl groups is 1. The van der Waals surface area contributed by atoms with Gasteiger partial charge in [0, 0.05) is 6.20 Å². The van der Waals surface area contributed by atoms with Crippen molar-refractivity contribution in [2.24, 2.45) is 5.73 Å². The molecule has 8 nitrogen and oxygen atoms in total. The fourth-order valence-corrected chi connectivity index (χ4v) is 3.12. The van der Waals surface area contributed by atoms with Crippen LogP contribution in [0.1, 0.15) is 24.2 Å². The van der Waals surface area contributed by atoms with Crippen LogP contribution in [0.25, 0.3) is 0 Å². The zero-order valence-corrected chi connectivity index (χ0v) is 15.9. The number of aliphatic hydroxyl groups excluding tert-OH is 1. The van der Waals surface area contributed by atoms with Crippen molar-refractivity contribution in [3.05, 3.63) is 48.2 Å². The molecule has 28 heavy (non-hydrogen) atoms. The van der Waals surface area contributed by atoms with Crippen molar-refractivity contribution in [1.29, 1.82) is 0 Å². The minimum Gasteiger partial charge on any atom is -0.450 e. The predicted octanol–water partition coefficient (Wildman–Crippen LogP) is 1.71. The fraction of sp³-hybridized carbons (Fsp3) is 0.389. The number of nitrogens with two attached hydrogens (primary N) is 1. The number of allylic oxidation sites excluding steroid dienone is 1. The number of primary amides is 1. The Hall–Kier alpha value is -2.49. The van der Waals surface area contributed by atoms with E-state index in [0.29, 0.717) is 4.90 Å². The first-order valence-electron chi connectivity index (χ1n) is 8.22. The van der Waals surface area contributed by atoms with Crippen LogP contribution in [0.2, 0.25) is 0 Å². The number of rotatable bonds is 6. The van der Waals surface area contributed by atoms with E-state index in [0.717, 1.165) is 12.3 Å². The Labute approximate surface area is 165 Å². The van der Waals surface area contributed by atoms with Gasteiger partial charge in [0.1, 0.15) is 11.5 Å². The van der Waals surface area contributed by atoms with Crippen molar-refractivity contribution < 1.29 is 33.4 Å². The molecule has 152 valence electrons. The summed E-state index contributed by atoms with van der Waals surface area (Å²) >= 11 is 6.43. The molecule has 0 unspecified atom stereocenters. The lowest BCUT2D eigenvalue weighted by Gasteiger charge is -2.32. The standard InChI is InChI=1S/C18H20ClFN2O6/c1-11(24)8-9-22(16(21)26)15-17(2,19)14(18(20,10-23)28-15)27-13(25)12-6-4-3-5-7-12/h3-9,14-15,23H,10H2,1-2H3,(H2,21,26)/b9-8-/t14-,15+,17+,18+/m0/s1. The zero-order chi connectivity index (χ0) is 21.1. The maximum absolute atomic E-state index is 15.2. The van der Waals surface area contributed by atoms with Gasteiger partial charge in [0.05, 0.1) is 5.56 Å². The third kappa shape index (κ3) is 4.32. The van der Waals surface area contributed by atoms with Gasteiger partial charge < -0.3 is 20.3 Å². The van der Waals surface area contributed by atoms with Crippen molar-refractivity contribution >= 4 is 29.4 Å². The van der Waals surface area contributed by atoms with Gasteiger partial charge in [0.2, 0.25) is 0 Å². The largest absolute Gasteiger partial charge is 0.450 e. The number of esters is 1. The lowest BCUT2D eigenvalue weighted by molar-refractivity contribution is -0.208. The fourth-order valence-electron chi connectivity index (χ4n) is 2.77.